The van der Waals surface area contributed by atoms with E-state index in [9.17, 15) is 19.8 Å². The predicted molar refractivity (Wildman–Crippen MR) is 77.5 cm³/mol. The third-order valence-electron chi connectivity index (χ3n) is 3.54. The van der Waals surface area contributed by atoms with Crippen molar-refractivity contribution in [2.24, 2.45) is 0 Å². The summed E-state index contributed by atoms with van der Waals surface area (Å²) >= 11 is 5.78. The highest BCUT2D eigenvalue weighted by molar-refractivity contribution is 6.32. The lowest BCUT2D eigenvalue weighted by atomic mass is 10.1. The minimum absolute atomic E-state index is 0.0174. The normalized spacial score (nSPS) is 17.9. The molecule has 0 saturated carbocycles. The number of hydrogen-bond donors (Lipinski definition) is 2. The largest absolute Gasteiger partial charge is 0.507 e. The zero-order valence-electron chi connectivity index (χ0n) is 11.8. The van der Waals surface area contributed by atoms with Crippen LogP contribution in [0.15, 0.2) is 12.1 Å². The van der Waals surface area contributed by atoms with Crippen LogP contribution >= 0.6 is 11.6 Å². The van der Waals surface area contributed by atoms with Gasteiger partial charge in [-0.2, -0.15) is 0 Å². The molecule has 1 aliphatic heterocycles. The topological polar surface area (TPSA) is 81.1 Å². The standard InChI is InChI=1S/C14H17ClN2O4/c1-16(2)14(21)10-4-3-5-17(10)13(20)8-6-9(15)12(19)7-11(8)18/h6-7,10,18-19H,3-5H2,1-2H3/t10-/m1/s1. The van der Waals surface area contributed by atoms with Gasteiger partial charge in [0.05, 0.1) is 10.6 Å². The van der Waals surface area contributed by atoms with Crippen molar-refractivity contribution in [3.8, 4) is 11.5 Å². The minimum Gasteiger partial charge on any atom is -0.507 e. The predicted octanol–water partition coefficient (Wildman–Crippen LogP) is 1.44. The van der Waals surface area contributed by atoms with Gasteiger partial charge in [0.1, 0.15) is 17.5 Å². The first-order chi connectivity index (χ1) is 9.82. The lowest BCUT2D eigenvalue weighted by molar-refractivity contribution is -0.132. The van der Waals surface area contributed by atoms with Gasteiger partial charge in [-0.3, -0.25) is 9.59 Å². The summed E-state index contributed by atoms with van der Waals surface area (Å²) in [4.78, 5) is 27.5. The average molecular weight is 313 g/mol. The molecule has 0 unspecified atom stereocenters. The maximum absolute atomic E-state index is 12.5. The second-order valence-corrected chi connectivity index (χ2v) is 5.62. The number of phenolic OH excluding ortho intramolecular Hbond substituents is 2. The van der Waals surface area contributed by atoms with Crippen molar-refractivity contribution in [2.45, 2.75) is 18.9 Å². The molecule has 6 nitrogen and oxygen atoms in total. The van der Waals surface area contributed by atoms with Crippen molar-refractivity contribution in [1.82, 2.24) is 9.80 Å². The van der Waals surface area contributed by atoms with Gasteiger partial charge in [0, 0.05) is 26.7 Å². The molecule has 21 heavy (non-hydrogen) atoms. The van der Waals surface area contributed by atoms with Crippen LogP contribution < -0.4 is 0 Å². The molecule has 2 rings (SSSR count). The maximum atomic E-state index is 12.5. The molecule has 7 heteroatoms. The van der Waals surface area contributed by atoms with Crippen molar-refractivity contribution in [3.63, 3.8) is 0 Å². The fraction of sp³-hybridized carbons (Fsp3) is 0.429. The Labute approximate surface area is 127 Å². The summed E-state index contributed by atoms with van der Waals surface area (Å²) in [7, 11) is 3.27. The number of halogens is 1. The SMILES string of the molecule is CN(C)C(=O)[C@H]1CCCN1C(=O)c1cc(Cl)c(O)cc1O. The van der Waals surface area contributed by atoms with E-state index in [4.69, 9.17) is 11.6 Å². The fourth-order valence-corrected chi connectivity index (χ4v) is 2.61. The molecule has 0 bridgehead atoms. The van der Waals surface area contributed by atoms with Crippen molar-refractivity contribution >= 4 is 23.4 Å². The van der Waals surface area contributed by atoms with Crippen LogP contribution in [0, 0.1) is 0 Å². The van der Waals surface area contributed by atoms with E-state index >= 15 is 0 Å². The van der Waals surface area contributed by atoms with Crippen LogP contribution in [0.2, 0.25) is 5.02 Å². The second kappa shape index (κ2) is 5.81. The number of nitrogens with zero attached hydrogens (tertiary/aromatic N) is 2. The van der Waals surface area contributed by atoms with Crippen LogP contribution in [0.4, 0.5) is 0 Å². The number of rotatable bonds is 2. The number of aromatic hydroxyl groups is 2. The van der Waals surface area contributed by atoms with Crippen molar-refractivity contribution in [2.75, 3.05) is 20.6 Å². The Kier molecular flexibility index (Phi) is 4.27. The van der Waals surface area contributed by atoms with Crippen LogP contribution in [0.3, 0.4) is 0 Å². The number of carbonyl (C=O) groups excluding carboxylic acids is 2. The van der Waals surface area contributed by atoms with Crippen molar-refractivity contribution in [1.29, 1.82) is 0 Å². The average Bonchev–Trinajstić information content (AvgIpc) is 2.90. The van der Waals surface area contributed by atoms with Gasteiger partial charge in [-0.1, -0.05) is 11.6 Å². The molecule has 0 spiro atoms. The lowest BCUT2D eigenvalue weighted by Gasteiger charge is -2.26. The maximum Gasteiger partial charge on any atom is 0.258 e. The highest BCUT2D eigenvalue weighted by atomic mass is 35.5. The van der Waals surface area contributed by atoms with Gasteiger partial charge < -0.3 is 20.0 Å². The van der Waals surface area contributed by atoms with Crippen molar-refractivity contribution < 1.29 is 19.8 Å². The fourth-order valence-electron chi connectivity index (χ4n) is 2.44. The number of likely N-dealkylation sites (N-methyl/N-ethyl adjacent to an activating group) is 1. The highest BCUT2D eigenvalue weighted by Gasteiger charge is 2.36. The van der Waals surface area contributed by atoms with E-state index in [1.165, 1.54) is 15.9 Å². The van der Waals surface area contributed by atoms with Crippen LogP contribution in [0.25, 0.3) is 0 Å². The quantitative estimate of drug-likeness (QED) is 0.866. The first-order valence-corrected chi connectivity index (χ1v) is 6.94. The van der Waals surface area contributed by atoms with E-state index in [-0.39, 0.29) is 28.0 Å². The van der Waals surface area contributed by atoms with Gasteiger partial charge in [0.15, 0.2) is 0 Å². The van der Waals surface area contributed by atoms with Gasteiger partial charge >= 0.3 is 0 Å². The number of phenols is 2. The summed E-state index contributed by atoms with van der Waals surface area (Å²) in [6.45, 7) is 0.445. The Bertz CT molecular complexity index is 589. The molecule has 1 aromatic rings. The molecule has 1 heterocycles. The summed E-state index contributed by atoms with van der Waals surface area (Å²) in [5, 5.41) is 19.2. The lowest BCUT2D eigenvalue weighted by Crippen LogP contribution is -2.45. The van der Waals surface area contributed by atoms with Crippen molar-refractivity contribution in [3.05, 3.63) is 22.7 Å². The van der Waals surface area contributed by atoms with E-state index in [1.807, 2.05) is 0 Å². The van der Waals surface area contributed by atoms with E-state index < -0.39 is 11.9 Å². The monoisotopic (exact) mass is 312 g/mol. The van der Waals surface area contributed by atoms with Crippen LogP contribution in [0.1, 0.15) is 23.2 Å². The summed E-state index contributed by atoms with van der Waals surface area (Å²) in [5.74, 6) is -1.27. The smallest absolute Gasteiger partial charge is 0.258 e. The molecule has 1 fully saturated rings. The van der Waals surface area contributed by atoms with Gasteiger partial charge in [-0.15, -0.1) is 0 Å². The molecule has 1 aromatic carbocycles. The van der Waals surface area contributed by atoms with E-state index in [2.05, 4.69) is 0 Å². The molecule has 2 amide bonds. The molecular formula is C14H17ClN2O4. The summed E-state index contributed by atoms with van der Waals surface area (Å²) < 4.78 is 0. The number of amides is 2. The third kappa shape index (κ3) is 2.90. The van der Waals surface area contributed by atoms with E-state index in [0.29, 0.717) is 13.0 Å². The molecule has 1 saturated heterocycles. The number of hydrogen-bond acceptors (Lipinski definition) is 4. The second-order valence-electron chi connectivity index (χ2n) is 5.21. The molecule has 2 N–H and O–H groups in total. The molecule has 114 valence electrons. The third-order valence-corrected chi connectivity index (χ3v) is 3.84. The summed E-state index contributed by atoms with van der Waals surface area (Å²) in [5.41, 5.74) is -0.0174. The van der Waals surface area contributed by atoms with Gasteiger partial charge in [0.2, 0.25) is 5.91 Å². The molecule has 0 aromatic heterocycles. The summed E-state index contributed by atoms with van der Waals surface area (Å²) in [6, 6.07) is 1.71. The molecule has 1 atom stereocenters. The van der Waals surface area contributed by atoms with Crippen LogP contribution in [0.5, 0.6) is 11.5 Å². The first-order valence-electron chi connectivity index (χ1n) is 6.56. The summed E-state index contributed by atoms with van der Waals surface area (Å²) in [6.07, 6.45) is 1.32. The minimum atomic E-state index is -0.528. The number of likely N-dealkylation sites (tertiary alicyclic amines) is 1. The Balaban J connectivity index is 2.31. The highest BCUT2D eigenvalue weighted by Crippen LogP contribution is 2.33. The van der Waals surface area contributed by atoms with Crippen LogP contribution in [-0.2, 0) is 4.79 Å². The van der Waals surface area contributed by atoms with E-state index in [1.54, 1.807) is 14.1 Å². The van der Waals surface area contributed by atoms with Gasteiger partial charge in [0.25, 0.3) is 5.91 Å². The van der Waals surface area contributed by atoms with Crippen LogP contribution in [-0.4, -0.2) is 58.5 Å². The van der Waals surface area contributed by atoms with Gasteiger partial charge in [-0.05, 0) is 18.9 Å². The molecule has 1 aliphatic rings. The Morgan fingerprint density at radius 1 is 1.29 bits per heavy atom. The van der Waals surface area contributed by atoms with Gasteiger partial charge in [-0.25, -0.2) is 0 Å². The van der Waals surface area contributed by atoms with E-state index in [0.717, 1.165) is 12.5 Å². The molecule has 0 aliphatic carbocycles. The molecular weight excluding hydrogens is 296 g/mol. The zero-order chi connectivity index (χ0) is 15.7. The Morgan fingerprint density at radius 2 is 1.95 bits per heavy atom. The number of carbonyl (C=O) groups is 2. The number of benzene rings is 1. The Hall–Kier alpha value is -1.95. The zero-order valence-corrected chi connectivity index (χ0v) is 12.6. The molecule has 0 radical (unpaired) electrons. The first kappa shape index (κ1) is 15.4. The Morgan fingerprint density at radius 3 is 2.57 bits per heavy atom.